The lowest BCUT2D eigenvalue weighted by molar-refractivity contribution is -0.121. The van der Waals surface area contributed by atoms with Crippen LogP contribution in [-0.2, 0) is 9.59 Å². The number of likely N-dealkylation sites (N-methyl/N-ethyl adjacent to an activating group) is 1. The summed E-state index contributed by atoms with van der Waals surface area (Å²) < 4.78 is 0. The molecule has 1 aromatic carbocycles. The molecule has 0 atom stereocenters. The predicted molar refractivity (Wildman–Crippen MR) is 90.2 cm³/mol. The number of rotatable bonds is 3. The Bertz CT molecular complexity index is 661. The van der Waals surface area contributed by atoms with Gasteiger partial charge in [-0.05, 0) is 25.6 Å². The van der Waals surface area contributed by atoms with Gasteiger partial charge in [0.15, 0.2) is 0 Å². The molecule has 6 heteroatoms. The summed E-state index contributed by atoms with van der Waals surface area (Å²) in [5.74, 6) is -0.762. The Morgan fingerprint density at radius 1 is 1.00 bits per heavy atom. The van der Waals surface area contributed by atoms with Gasteiger partial charge < -0.3 is 9.80 Å². The Morgan fingerprint density at radius 2 is 1.61 bits per heavy atom. The van der Waals surface area contributed by atoms with E-state index in [0.717, 1.165) is 25.2 Å². The van der Waals surface area contributed by atoms with Crippen LogP contribution >= 0.6 is 11.6 Å². The van der Waals surface area contributed by atoms with Gasteiger partial charge in [-0.15, -0.1) is 0 Å². The number of carbonyl (C=O) groups excluding carboxylic acids is 2. The average Bonchev–Trinajstić information content (AvgIpc) is 2.78. The summed E-state index contributed by atoms with van der Waals surface area (Å²) in [6, 6.07) is 7.30. The minimum absolute atomic E-state index is 0.0283. The van der Waals surface area contributed by atoms with Crippen LogP contribution in [0.15, 0.2) is 35.0 Å². The highest BCUT2D eigenvalue weighted by molar-refractivity contribution is 6.52. The second-order valence-corrected chi connectivity index (χ2v) is 6.24. The van der Waals surface area contributed by atoms with Crippen molar-refractivity contribution in [1.29, 1.82) is 0 Å². The second kappa shape index (κ2) is 6.34. The third-order valence-electron chi connectivity index (χ3n) is 4.43. The Labute approximate surface area is 141 Å². The van der Waals surface area contributed by atoms with Crippen molar-refractivity contribution in [1.82, 2.24) is 9.80 Å². The summed E-state index contributed by atoms with van der Waals surface area (Å²) in [6.07, 6.45) is 0. The fourth-order valence-corrected chi connectivity index (χ4v) is 3.27. The minimum atomic E-state index is -0.437. The van der Waals surface area contributed by atoms with Gasteiger partial charge in [0.2, 0.25) is 0 Å². The van der Waals surface area contributed by atoms with Crippen LogP contribution in [-0.4, -0.2) is 54.3 Å². The number of imide groups is 1. The van der Waals surface area contributed by atoms with Crippen molar-refractivity contribution in [2.75, 3.05) is 37.6 Å². The predicted octanol–water partition coefficient (Wildman–Crippen LogP) is 1.96. The molecular weight excluding hydrogens is 314 g/mol. The number of anilines is 1. The van der Waals surface area contributed by atoms with Gasteiger partial charge in [0, 0.05) is 26.2 Å². The van der Waals surface area contributed by atoms with E-state index in [2.05, 4.69) is 11.8 Å². The molecule has 0 spiro atoms. The molecule has 122 valence electrons. The van der Waals surface area contributed by atoms with E-state index in [0.29, 0.717) is 24.5 Å². The maximum atomic E-state index is 12.8. The highest BCUT2D eigenvalue weighted by Crippen LogP contribution is 2.31. The zero-order valence-electron chi connectivity index (χ0n) is 13.4. The first-order valence-corrected chi connectivity index (χ1v) is 8.23. The zero-order chi connectivity index (χ0) is 16.6. The molecule has 0 saturated carbocycles. The number of hydrogen-bond donors (Lipinski definition) is 0. The van der Waals surface area contributed by atoms with Gasteiger partial charge in [0.1, 0.15) is 10.7 Å². The van der Waals surface area contributed by atoms with Gasteiger partial charge in [-0.1, -0.05) is 36.2 Å². The average molecular weight is 334 g/mol. The van der Waals surface area contributed by atoms with Crippen LogP contribution < -0.4 is 4.90 Å². The summed E-state index contributed by atoms with van der Waals surface area (Å²) >= 11 is 6.22. The highest BCUT2D eigenvalue weighted by Gasteiger charge is 2.41. The molecule has 2 aliphatic rings. The van der Waals surface area contributed by atoms with E-state index in [1.165, 1.54) is 4.90 Å². The van der Waals surface area contributed by atoms with Crippen LogP contribution in [0, 0.1) is 6.92 Å². The largest absolute Gasteiger partial charge is 0.363 e. The van der Waals surface area contributed by atoms with Crippen LogP contribution in [0.1, 0.15) is 12.5 Å². The van der Waals surface area contributed by atoms with Crippen molar-refractivity contribution in [3.63, 3.8) is 0 Å². The van der Waals surface area contributed by atoms with Crippen LogP contribution in [0.2, 0.25) is 0 Å². The first kappa shape index (κ1) is 16.0. The zero-order valence-corrected chi connectivity index (χ0v) is 14.1. The summed E-state index contributed by atoms with van der Waals surface area (Å²) in [6.45, 7) is 8.22. The van der Waals surface area contributed by atoms with Gasteiger partial charge in [0.05, 0.1) is 5.69 Å². The van der Waals surface area contributed by atoms with Crippen LogP contribution in [0.5, 0.6) is 0 Å². The van der Waals surface area contributed by atoms with E-state index in [9.17, 15) is 9.59 Å². The van der Waals surface area contributed by atoms with Crippen molar-refractivity contribution in [3.05, 3.63) is 40.6 Å². The second-order valence-electron chi connectivity index (χ2n) is 5.87. The molecule has 0 bridgehead atoms. The maximum absolute atomic E-state index is 12.8. The number of piperazine rings is 1. The van der Waals surface area contributed by atoms with Crippen molar-refractivity contribution in [3.8, 4) is 0 Å². The molecule has 0 aliphatic carbocycles. The number of carbonyl (C=O) groups is 2. The van der Waals surface area contributed by atoms with E-state index in [-0.39, 0.29) is 10.9 Å². The van der Waals surface area contributed by atoms with Gasteiger partial charge in [0.25, 0.3) is 11.8 Å². The first-order chi connectivity index (χ1) is 11.0. The molecule has 1 fully saturated rings. The summed E-state index contributed by atoms with van der Waals surface area (Å²) in [5, 5.41) is 0.0283. The molecule has 0 radical (unpaired) electrons. The SMILES string of the molecule is CCN1CCN(C2=C(Cl)C(=O)N(c3ccc(C)cc3)C2=O)CC1. The van der Waals surface area contributed by atoms with Crippen molar-refractivity contribution >= 4 is 29.1 Å². The van der Waals surface area contributed by atoms with Crippen molar-refractivity contribution in [2.45, 2.75) is 13.8 Å². The fourth-order valence-electron chi connectivity index (χ4n) is 2.98. The molecule has 1 aromatic rings. The summed E-state index contributed by atoms with van der Waals surface area (Å²) in [5.41, 5.74) is 1.97. The third kappa shape index (κ3) is 2.86. The quantitative estimate of drug-likeness (QED) is 0.793. The molecule has 2 aliphatic heterocycles. The fraction of sp³-hybridized carbons (Fsp3) is 0.412. The van der Waals surface area contributed by atoms with Crippen LogP contribution in [0.3, 0.4) is 0 Å². The summed E-state index contributed by atoms with van der Waals surface area (Å²) in [7, 11) is 0. The Hall–Kier alpha value is -1.85. The number of aryl methyl sites for hydroxylation is 1. The minimum Gasteiger partial charge on any atom is -0.363 e. The molecule has 0 unspecified atom stereocenters. The molecule has 2 heterocycles. The monoisotopic (exact) mass is 333 g/mol. The molecule has 1 saturated heterocycles. The molecule has 0 aromatic heterocycles. The van der Waals surface area contributed by atoms with Gasteiger partial charge >= 0.3 is 0 Å². The Morgan fingerprint density at radius 3 is 2.17 bits per heavy atom. The van der Waals surface area contributed by atoms with E-state index >= 15 is 0 Å². The van der Waals surface area contributed by atoms with E-state index in [1.807, 2.05) is 24.0 Å². The number of halogens is 1. The van der Waals surface area contributed by atoms with Crippen molar-refractivity contribution in [2.24, 2.45) is 0 Å². The number of nitrogens with zero attached hydrogens (tertiary/aromatic N) is 3. The lowest BCUT2D eigenvalue weighted by Gasteiger charge is -2.35. The van der Waals surface area contributed by atoms with Crippen LogP contribution in [0.4, 0.5) is 5.69 Å². The first-order valence-electron chi connectivity index (χ1n) is 7.85. The topological polar surface area (TPSA) is 43.9 Å². The molecule has 23 heavy (non-hydrogen) atoms. The lowest BCUT2D eigenvalue weighted by atomic mass is 10.2. The van der Waals surface area contributed by atoms with Gasteiger partial charge in [-0.2, -0.15) is 0 Å². The maximum Gasteiger partial charge on any atom is 0.283 e. The molecule has 0 N–H and O–H groups in total. The summed E-state index contributed by atoms with van der Waals surface area (Å²) in [4.78, 5) is 30.6. The standard InChI is InChI=1S/C17H20ClN3O2/c1-3-19-8-10-20(11-9-19)15-14(18)16(22)21(17(15)23)13-6-4-12(2)5-7-13/h4-7H,3,8-11H2,1-2H3. The molecule has 5 nitrogen and oxygen atoms in total. The van der Waals surface area contributed by atoms with Crippen LogP contribution in [0.25, 0.3) is 0 Å². The smallest absolute Gasteiger partial charge is 0.283 e. The lowest BCUT2D eigenvalue weighted by Crippen LogP contribution is -2.47. The van der Waals surface area contributed by atoms with E-state index in [4.69, 9.17) is 11.6 Å². The number of amides is 2. The molecular formula is C17H20ClN3O2. The molecule has 3 rings (SSSR count). The van der Waals surface area contributed by atoms with Gasteiger partial charge in [-0.25, -0.2) is 4.90 Å². The Kier molecular flexibility index (Phi) is 4.41. The number of benzene rings is 1. The van der Waals surface area contributed by atoms with E-state index < -0.39 is 5.91 Å². The number of hydrogen-bond acceptors (Lipinski definition) is 4. The third-order valence-corrected chi connectivity index (χ3v) is 4.77. The molecule has 2 amide bonds. The highest BCUT2D eigenvalue weighted by atomic mass is 35.5. The van der Waals surface area contributed by atoms with Gasteiger partial charge in [-0.3, -0.25) is 9.59 Å². The van der Waals surface area contributed by atoms with E-state index in [1.54, 1.807) is 12.1 Å². The Balaban J connectivity index is 1.84. The normalized spacial score (nSPS) is 20.0. The van der Waals surface area contributed by atoms with Crippen molar-refractivity contribution < 1.29 is 9.59 Å².